The van der Waals surface area contributed by atoms with Crippen LogP contribution in [0.25, 0.3) is 0 Å². The number of terminal acetylenes is 1. The first kappa shape index (κ1) is 23.3. The van der Waals surface area contributed by atoms with Crippen LogP contribution in [0.4, 0.5) is 0 Å². The molecule has 0 saturated carbocycles. The maximum Gasteiger partial charge on any atom is 0.191 e. The minimum absolute atomic E-state index is 0. The molecule has 0 unspecified atom stereocenters. The third-order valence-electron chi connectivity index (χ3n) is 3.46. The molecule has 0 aliphatic carbocycles. The van der Waals surface area contributed by atoms with Gasteiger partial charge in [-0.15, -0.1) is 30.4 Å². The molecule has 0 radical (unpaired) electrons. The Bertz CT molecular complexity index is 598. The molecule has 0 bridgehead atoms. The first-order chi connectivity index (χ1) is 11.5. The van der Waals surface area contributed by atoms with Crippen molar-refractivity contribution in [2.24, 2.45) is 4.99 Å². The predicted molar refractivity (Wildman–Crippen MR) is 112 cm³/mol. The van der Waals surface area contributed by atoms with Gasteiger partial charge >= 0.3 is 0 Å². The van der Waals surface area contributed by atoms with Crippen LogP contribution in [-0.4, -0.2) is 46.0 Å². The van der Waals surface area contributed by atoms with Gasteiger partial charge in [-0.3, -0.25) is 4.99 Å². The van der Waals surface area contributed by atoms with E-state index < -0.39 is 0 Å². The van der Waals surface area contributed by atoms with Gasteiger partial charge in [0.05, 0.1) is 12.7 Å². The van der Waals surface area contributed by atoms with Crippen molar-refractivity contribution in [1.82, 2.24) is 10.6 Å². The third-order valence-corrected chi connectivity index (χ3v) is 3.46. The second kappa shape index (κ2) is 11.8. The van der Waals surface area contributed by atoms with Gasteiger partial charge < -0.3 is 24.8 Å². The molecule has 0 aliphatic rings. The molecular formula is C18H28IN3O3. The lowest BCUT2D eigenvalue weighted by Crippen LogP contribution is -2.45. The molecular weight excluding hydrogens is 433 g/mol. The topological polar surface area (TPSA) is 64.1 Å². The fourth-order valence-electron chi connectivity index (χ4n) is 1.84. The van der Waals surface area contributed by atoms with Crippen molar-refractivity contribution >= 4 is 29.9 Å². The summed E-state index contributed by atoms with van der Waals surface area (Å²) < 4.78 is 16.2. The highest BCUT2D eigenvalue weighted by molar-refractivity contribution is 14.0. The van der Waals surface area contributed by atoms with Crippen molar-refractivity contribution in [3.05, 3.63) is 23.8 Å². The second-order valence-electron chi connectivity index (χ2n) is 5.72. The van der Waals surface area contributed by atoms with Gasteiger partial charge in [0, 0.05) is 27.2 Å². The van der Waals surface area contributed by atoms with E-state index >= 15 is 0 Å². The summed E-state index contributed by atoms with van der Waals surface area (Å²) in [7, 11) is 5.01. The van der Waals surface area contributed by atoms with Crippen LogP contribution in [0.2, 0.25) is 0 Å². The Morgan fingerprint density at radius 3 is 2.52 bits per heavy atom. The molecule has 0 fully saturated rings. The van der Waals surface area contributed by atoms with Crippen molar-refractivity contribution in [3.63, 3.8) is 0 Å². The maximum atomic E-state index is 5.51. The Labute approximate surface area is 167 Å². The summed E-state index contributed by atoms with van der Waals surface area (Å²) in [4.78, 5) is 4.20. The van der Waals surface area contributed by atoms with Crippen LogP contribution in [-0.2, 0) is 11.3 Å². The lowest BCUT2D eigenvalue weighted by Gasteiger charge is -2.24. The van der Waals surface area contributed by atoms with Crippen LogP contribution in [0.3, 0.4) is 0 Å². The molecule has 0 aromatic heterocycles. The van der Waals surface area contributed by atoms with Gasteiger partial charge in [-0.05, 0) is 31.5 Å². The summed E-state index contributed by atoms with van der Waals surface area (Å²) in [5.74, 6) is 4.42. The number of ether oxygens (including phenoxy) is 3. The Kier molecular flexibility index (Phi) is 11.0. The number of methoxy groups -OCH3 is 2. The van der Waals surface area contributed by atoms with E-state index in [1.54, 1.807) is 21.3 Å². The van der Waals surface area contributed by atoms with Crippen LogP contribution in [0.15, 0.2) is 23.2 Å². The largest absolute Gasteiger partial charge is 0.493 e. The van der Waals surface area contributed by atoms with Crippen molar-refractivity contribution in [1.29, 1.82) is 0 Å². The summed E-state index contributed by atoms with van der Waals surface area (Å²) >= 11 is 0. The van der Waals surface area contributed by atoms with Crippen LogP contribution in [0.5, 0.6) is 11.5 Å². The van der Waals surface area contributed by atoms with Crippen molar-refractivity contribution in [2.45, 2.75) is 26.0 Å². The van der Waals surface area contributed by atoms with Crippen molar-refractivity contribution in [3.8, 4) is 23.8 Å². The summed E-state index contributed by atoms with van der Waals surface area (Å²) in [5.41, 5.74) is 0.755. The first-order valence-corrected chi connectivity index (χ1v) is 7.68. The lowest BCUT2D eigenvalue weighted by molar-refractivity contribution is 0.0268. The molecule has 0 amide bonds. The number of aliphatic imine (C=N–C) groups is 1. The summed E-state index contributed by atoms with van der Waals surface area (Å²) in [6.45, 7) is 5.44. The Morgan fingerprint density at radius 1 is 1.24 bits per heavy atom. The average molecular weight is 461 g/mol. The number of guanidine groups is 1. The van der Waals surface area contributed by atoms with E-state index in [2.05, 4.69) is 21.5 Å². The van der Waals surface area contributed by atoms with Gasteiger partial charge in [0.2, 0.25) is 0 Å². The van der Waals surface area contributed by atoms with E-state index in [9.17, 15) is 0 Å². The number of halogens is 1. The number of rotatable bonds is 8. The molecule has 0 saturated heterocycles. The molecule has 1 aromatic rings. The molecule has 2 N–H and O–H groups in total. The van der Waals surface area contributed by atoms with E-state index in [-0.39, 0.29) is 36.2 Å². The number of nitrogens with one attached hydrogen (secondary N) is 2. The fourth-order valence-corrected chi connectivity index (χ4v) is 1.84. The highest BCUT2D eigenvalue weighted by Crippen LogP contribution is 2.27. The van der Waals surface area contributed by atoms with Crippen molar-refractivity contribution in [2.75, 3.05) is 34.4 Å². The molecule has 1 aromatic carbocycles. The average Bonchev–Trinajstić information content (AvgIpc) is 2.60. The molecule has 0 aliphatic heterocycles. The fraction of sp³-hybridized carbons (Fsp3) is 0.500. The van der Waals surface area contributed by atoms with E-state index in [0.717, 1.165) is 5.56 Å². The van der Waals surface area contributed by atoms with E-state index in [1.807, 2.05) is 32.0 Å². The summed E-state index contributed by atoms with van der Waals surface area (Å²) in [6.07, 6.45) is 5.24. The minimum atomic E-state index is -0.270. The molecule has 6 nitrogen and oxygen atoms in total. The molecule has 0 heterocycles. The van der Waals surface area contributed by atoms with E-state index in [4.69, 9.17) is 20.6 Å². The van der Waals surface area contributed by atoms with Crippen LogP contribution < -0.4 is 20.1 Å². The maximum absolute atomic E-state index is 5.51. The number of hydrogen-bond acceptors (Lipinski definition) is 4. The SMILES string of the molecule is C#CCOc1cc(CNC(=NC)NCC(C)(C)OC)ccc1OC.I. The third kappa shape index (κ3) is 8.31. The monoisotopic (exact) mass is 461 g/mol. The van der Waals surface area contributed by atoms with Crippen LogP contribution in [0.1, 0.15) is 19.4 Å². The minimum Gasteiger partial charge on any atom is -0.493 e. The van der Waals surface area contributed by atoms with E-state index in [0.29, 0.717) is 30.5 Å². The molecule has 7 heteroatoms. The molecule has 0 atom stereocenters. The van der Waals surface area contributed by atoms with Gasteiger partial charge in [0.1, 0.15) is 6.61 Å². The Balaban J connectivity index is 0.00000576. The van der Waals surface area contributed by atoms with Crippen LogP contribution >= 0.6 is 24.0 Å². The lowest BCUT2D eigenvalue weighted by atomic mass is 10.1. The zero-order chi connectivity index (χ0) is 18.0. The number of nitrogens with zero attached hydrogens (tertiary/aromatic N) is 1. The highest BCUT2D eigenvalue weighted by Gasteiger charge is 2.16. The normalized spacial score (nSPS) is 11.1. The highest BCUT2D eigenvalue weighted by atomic mass is 127. The van der Waals surface area contributed by atoms with Gasteiger partial charge in [-0.2, -0.15) is 0 Å². The Hall–Kier alpha value is -1.66. The first-order valence-electron chi connectivity index (χ1n) is 7.68. The number of hydrogen-bond donors (Lipinski definition) is 2. The quantitative estimate of drug-likeness (QED) is 0.270. The standard InChI is InChI=1S/C18H27N3O3.HI/c1-7-10-24-16-11-14(8-9-15(16)22-5)12-20-17(19-4)21-13-18(2,3)23-6;/h1,8-9,11H,10,12-13H2,2-6H3,(H2,19,20,21);1H. The van der Waals surface area contributed by atoms with Gasteiger partial charge in [0.15, 0.2) is 17.5 Å². The molecule has 0 spiro atoms. The molecule has 1 rings (SSSR count). The number of benzene rings is 1. The summed E-state index contributed by atoms with van der Waals surface area (Å²) in [5, 5.41) is 6.48. The molecule has 25 heavy (non-hydrogen) atoms. The summed E-state index contributed by atoms with van der Waals surface area (Å²) in [6, 6.07) is 5.71. The zero-order valence-electron chi connectivity index (χ0n) is 15.5. The van der Waals surface area contributed by atoms with Gasteiger partial charge in [0.25, 0.3) is 0 Å². The second-order valence-corrected chi connectivity index (χ2v) is 5.72. The van der Waals surface area contributed by atoms with Gasteiger partial charge in [-0.25, -0.2) is 0 Å². The smallest absolute Gasteiger partial charge is 0.191 e. The molecule has 140 valence electrons. The predicted octanol–water partition coefficient (Wildman–Crippen LogP) is 2.42. The van der Waals surface area contributed by atoms with E-state index in [1.165, 1.54) is 0 Å². The van der Waals surface area contributed by atoms with Gasteiger partial charge in [-0.1, -0.05) is 12.0 Å². The Morgan fingerprint density at radius 2 is 1.96 bits per heavy atom. The zero-order valence-corrected chi connectivity index (χ0v) is 17.8. The van der Waals surface area contributed by atoms with Crippen molar-refractivity contribution < 1.29 is 14.2 Å². The van der Waals surface area contributed by atoms with Crippen LogP contribution in [0, 0.1) is 12.3 Å².